The van der Waals surface area contributed by atoms with E-state index in [1.54, 1.807) is 0 Å². The van der Waals surface area contributed by atoms with Gasteiger partial charge in [0.1, 0.15) is 5.78 Å². The minimum absolute atomic E-state index is 0.359. The largest absolute Gasteiger partial charge is 0.307 e. The van der Waals surface area contributed by atoms with E-state index in [1.165, 1.54) is 31.2 Å². The summed E-state index contributed by atoms with van der Waals surface area (Å²) in [5.41, 5.74) is 1.33. The van der Waals surface area contributed by atoms with Crippen LogP contribution < -0.4 is 5.32 Å². The van der Waals surface area contributed by atoms with E-state index in [9.17, 15) is 4.79 Å². The number of benzene rings is 1. The topological polar surface area (TPSA) is 29.1 Å². The van der Waals surface area contributed by atoms with Gasteiger partial charge in [0, 0.05) is 12.5 Å². The van der Waals surface area contributed by atoms with E-state index in [2.05, 4.69) is 29.6 Å². The molecule has 0 aromatic heterocycles. The lowest BCUT2D eigenvalue weighted by Crippen LogP contribution is -2.31. The fourth-order valence-electron chi connectivity index (χ4n) is 2.61. The quantitative estimate of drug-likeness (QED) is 0.799. The Morgan fingerprint density at radius 2 is 1.89 bits per heavy atom. The third-order valence-electron chi connectivity index (χ3n) is 3.71. The highest BCUT2D eigenvalue weighted by atomic mass is 16.1. The summed E-state index contributed by atoms with van der Waals surface area (Å²) in [4.78, 5) is 11.7. The molecule has 0 radical (unpaired) electrons. The highest BCUT2D eigenvalue weighted by Crippen LogP contribution is 2.17. The highest BCUT2D eigenvalue weighted by Gasteiger charge is 2.14. The number of aryl methyl sites for hydroxylation is 1. The van der Waals surface area contributed by atoms with Crippen molar-refractivity contribution in [2.75, 3.05) is 6.54 Å². The molecule has 1 saturated carbocycles. The van der Waals surface area contributed by atoms with Gasteiger partial charge in [0.05, 0.1) is 6.54 Å². The molecule has 0 unspecified atom stereocenters. The molecule has 0 aliphatic heterocycles. The van der Waals surface area contributed by atoms with Crippen LogP contribution in [0.5, 0.6) is 0 Å². The molecule has 98 valence electrons. The monoisotopic (exact) mass is 245 g/mol. The van der Waals surface area contributed by atoms with Crippen LogP contribution >= 0.6 is 0 Å². The van der Waals surface area contributed by atoms with Crippen LogP contribution in [0.2, 0.25) is 0 Å². The average molecular weight is 245 g/mol. The maximum absolute atomic E-state index is 11.7. The summed E-state index contributed by atoms with van der Waals surface area (Å²) in [7, 11) is 0. The Bertz CT molecular complexity index is 355. The molecule has 0 saturated heterocycles. The number of carbonyl (C=O) groups is 1. The maximum atomic E-state index is 11.7. The van der Waals surface area contributed by atoms with Gasteiger partial charge in [-0.15, -0.1) is 0 Å². The summed E-state index contributed by atoms with van der Waals surface area (Å²) in [6.45, 7) is 0.569. The second kappa shape index (κ2) is 7.32. The van der Waals surface area contributed by atoms with Crippen molar-refractivity contribution in [3.63, 3.8) is 0 Å². The van der Waals surface area contributed by atoms with Crippen molar-refractivity contribution in [2.24, 2.45) is 0 Å². The molecular weight excluding hydrogens is 222 g/mol. The lowest BCUT2D eigenvalue weighted by atomic mass is 10.1. The van der Waals surface area contributed by atoms with Crippen LogP contribution in [0.1, 0.15) is 44.1 Å². The zero-order valence-corrected chi connectivity index (χ0v) is 11.0. The molecule has 0 atom stereocenters. The van der Waals surface area contributed by atoms with Gasteiger partial charge in [-0.2, -0.15) is 0 Å². The number of hydrogen-bond acceptors (Lipinski definition) is 2. The van der Waals surface area contributed by atoms with E-state index in [0.29, 0.717) is 24.8 Å². The van der Waals surface area contributed by atoms with Crippen molar-refractivity contribution in [3.8, 4) is 0 Å². The Morgan fingerprint density at radius 1 is 1.17 bits per heavy atom. The fraction of sp³-hybridized carbons (Fsp3) is 0.562. The lowest BCUT2D eigenvalue weighted by molar-refractivity contribution is -0.118. The minimum atomic E-state index is 0.359. The molecule has 2 nitrogen and oxygen atoms in total. The number of nitrogens with one attached hydrogen (secondary N) is 1. The Kier molecular flexibility index (Phi) is 5.40. The fourth-order valence-corrected chi connectivity index (χ4v) is 2.61. The second-order valence-electron chi connectivity index (χ2n) is 5.24. The molecule has 0 heterocycles. The molecule has 0 amide bonds. The van der Waals surface area contributed by atoms with E-state index in [1.807, 2.05) is 6.07 Å². The Hall–Kier alpha value is -1.15. The normalized spacial score (nSPS) is 16.0. The van der Waals surface area contributed by atoms with Crippen molar-refractivity contribution in [1.82, 2.24) is 5.32 Å². The third-order valence-corrected chi connectivity index (χ3v) is 3.71. The standard InChI is InChI=1S/C16H23NO/c18-16(13-17-15-10-4-5-11-15)12-6-9-14-7-2-1-3-8-14/h1-3,7-8,15,17H,4-6,9-13H2. The summed E-state index contributed by atoms with van der Waals surface area (Å²) in [5, 5.41) is 3.38. The van der Waals surface area contributed by atoms with E-state index < -0.39 is 0 Å². The number of rotatable bonds is 7. The van der Waals surface area contributed by atoms with Crippen molar-refractivity contribution in [1.29, 1.82) is 0 Å². The number of Topliss-reactive ketones (excluding diaryl/α,β-unsaturated/α-hetero) is 1. The second-order valence-corrected chi connectivity index (χ2v) is 5.24. The zero-order chi connectivity index (χ0) is 12.6. The van der Waals surface area contributed by atoms with Gasteiger partial charge in [0.25, 0.3) is 0 Å². The Morgan fingerprint density at radius 3 is 2.61 bits per heavy atom. The van der Waals surface area contributed by atoms with E-state index >= 15 is 0 Å². The molecule has 0 spiro atoms. The van der Waals surface area contributed by atoms with Gasteiger partial charge in [0.2, 0.25) is 0 Å². The first-order valence-electron chi connectivity index (χ1n) is 7.13. The van der Waals surface area contributed by atoms with Gasteiger partial charge in [-0.1, -0.05) is 43.2 Å². The van der Waals surface area contributed by atoms with Gasteiger partial charge >= 0.3 is 0 Å². The first-order chi connectivity index (χ1) is 8.84. The molecule has 2 heteroatoms. The van der Waals surface area contributed by atoms with Crippen molar-refractivity contribution >= 4 is 5.78 Å². The molecule has 2 rings (SSSR count). The maximum Gasteiger partial charge on any atom is 0.146 e. The van der Waals surface area contributed by atoms with Crippen LogP contribution in [-0.4, -0.2) is 18.4 Å². The van der Waals surface area contributed by atoms with Crippen LogP contribution in [-0.2, 0) is 11.2 Å². The number of carbonyl (C=O) groups excluding carboxylic acids is 1. The summed E-state index contributed by atoms with van der Waals surface area (Å²) >= 11 is 0. The molecule has 0 bridgehead atoms. The van der Waals surface area contributed by atoms with Crippen LogP contribution in [0.3, 0.4) is 0 Å². The molecule has 18 heavy (non-hydrogen) atoms. The lowest BCUT2D eigenvalue weighted by Gasteiger charge is -2.10. The molecule has 1 fully saturated rings. The Labute approximate surface area is 110 Å². The van der Waals surface area contributed by atoms with Gasteiger partial charge in [-0.05, 0) is 31.2 Å². The number of hydrogen-bond donors (Lipinski definition) is 1. The summed E-state index contributed by atoms with van der Waals surface area (Å²) in [6.07, 6.45) is 7.81. The van der Waals surface area contributed by atoms with Crippen molar-refractivity contribution in [2.45, 2.75) is 51.0 Å². The van der Waals surface area contributed by atoms with Crippen LogP contribution in [0.4, 0.5) is 0 Å². The zero-order valence-electron chi connectivity index (χ0n) is 11.0. The smallest absolute Gasteiger partial charge is 0.146 e. The first-order valence-corrected chi connectivity index (χ1v) is 7.13. The van der Waals surface area contributed by atoms with Crippen LogP contribution in [0, 0.1) is 0 Å². The molecule has 1 N–H and O–H groups in total. The summed E-state index contributed by atoms with van der Waals surface area (Å²) in [6, 6.07) is 11.0. The minimum Gasteiger partial charge on any atom is -0.307 e. The molecule has 1 aliphatic rings. The van der Waals surface area contributed by atoms with Gasteiger partial charge in [0.15, 0.2) is 0 Å². The Balaban J connectivity index is 1.57. The predicted octanol–water partition coefficient (Wildman–Crippen LogP) is 3.11. The summed E-state index contributed by atoms with van der Waals surface area (Å²) in [5.74, 6) is 0.359. The first kappa shape index (κ1) is 13.3. The van der Waals surface area contributed by atoms with Crippen LogP contribution in [0.25, 0.3) is 0 Å². The molecule has 1 aliphatic carbocycles. The molecule has 1 aromatic rings. The van der Waals surface area contributed by atoms with Gasteiger partial charge < -0.3 is 5.32 Å². The molecular formula is C16H23NO. The van der Waals surface area contributed by atoms with Gasteiger partial charge in [-0.3, -0.25) is 4.79 Å². The van der Waals surface area contributed by atoms with Crippen LogP contribution in [0.15, 0.2) is 30.3 Å². The highest BCUT2D eigenvalue weighted by molar-refractivity contribution is 5.80. The van der Waals surface area contributed by atoms with Crippen molar-refractivity contribution in [3.05, 3.63) is 35.9 Å². The SMILES string of the molecule is O=C(CCCc1ccccc1)CNC1CCCC1. The summed E-state index contributed by atoms with van der Waals surface area (Å²) < 4.78 is 0. The van der Waals surface area contributed by atoms with Crippen molar-refractivity contribution < 1.29 is 4.79 Å². The number of ketones is 1. The van der Waals surface area contributed by atoms with E-state index in [-0.39, 0.29) is 0 Å². The third kappa shape index (κ3) is 4.61. The predicted molar refractivity (Wildman–Crippen MR) is 74.6 cm³/mol. The van der Waals surface area contributed by atoms with Gasteiger partial charge in [-0.25, -0.2) is 0 Å². The van der Waals surface area contributed by atoms with E-state index in [0.717, 1.165) is 12.8 Å². The molecule has 1 aromatic carbocycles. The average Bonchev–Trinajstić information content (AvgIpc) is 2.91. The van der Waals surface area contributed by atoms with E-state index in [4.69, 9.17) is 0 Å².